The lowest BCUT2D eigenvalue weighted by Crippen LogP contribution is -2.34. The molecule has 4 nitrogen and oxygen atoms in total. The average Bonchev–Trinajstić information content (AvgIpc) is 2.49. The summed E-state index contributed by atoms with van der Waals surface area (Å²) in [5, 5.41) is 12.9. The Kier molecular flexibility index (Phi) is 4.74. The number of nitrogens with one attached hydrogen (secondary N) is 1. The lowest BCUT2D eigenvalue weighted by atomic mass is 10.1. The number of hydrogen-bond acceptors (Lipinski definition) is 2. The van der Waals surface area contributed by atoms with Crippen molar-refractivity contribution in [2.45, 2.75) is 6.10 Å². The zero-order valence-corrected chi connectivity index (χ0v) is 11.4. The van der Waals surface area contributed by atoms with E-state index in [1.165, 1.54) is 4.90 Å². The average molecular weight is 270 g/mol. The number of para-hydroxylation sites is 1. The zero-order valence-electron chi connectivity index (χ0n) is 11.4. The number of carbonyl (C=O) groups is 1. The Hall–Kier alpha value is -2.33. The van der Waals surface area contributed by atoms with Gasteiger partial charge in [0, 0.05) is 12.7 Å². The van der Waals surface area contributed by atoms with Crippen molar-refractivity contribution in [2.24, 2.45) is 0 Å². The number of amides is 2. The van der Waals surface area contributed by atoms with E-state index in [2.05, 4.69) is 5.32 Å². The van der Waals surface area contributed by atoms with E-state index in [4.69, 9.17) is 0 Å². The van der Waals surface area contributed by atoms with Gasteiger partial charge in [0.25, 0.3) is 0 Å². The summed E-state index contributed by atoms with van der Waals surface area (Å²) in [6, 6.07) is 18.3. The first-order chi connectivity index (χ1) is 9.66. The van der Waals surface area contributed by atoms with Crippen molar-refractivity contribution < 1.29 is 9.90 Å². The van der Waals surface area contributed by atoms with Crippen LogP contribution in [0.1, 0.15) is 11.7 Å². The van der Waals surface area contributed by atoms with Crippen LogP contribution in [0, 0.1) is 0 Å². The Morgan fingerprint density at radius 2 is 1.65 bits per heavy atom. The maximum Gasteiger partial charge on any atom is 0.321 e. The molecule has 0 aliphatic heterocycles. The molecule has 104 valence electrons. The van der Waals surface area contributed by atoms with Crippen LogP contribution in [-0.2, 0) is 0 Å². The molecule has 2 amide bonds. The highest BCUT2D eigenvalue weighted by Crippen LogP contribution is 2.14. The molecule has 20 heavy (non-hydrogen) atoms. The summed E-state index contributed by atoms with van der Waals surface area (Å²) < 4.78 is 0. The van der Waals surface area contributed by atoms with Gasteiger partial charge in [-0.25, -0.2) is 4.79 Å². The minimum absolute atomic E-state index is 0.239. The standard InChI is InChI=1S/C16H18N2O2/c1-18(12-15(19)13-8-4-2-5-9-13)16(20)17-14-10-6-3-7-11-14/h2-11,15,19H,12H2,1H3,(H,17,20). The Morgan fingerprint density at radius 3 is 2.25 bits per heavy atom. The van der Waals surface area contributed by atoms with Crippen molar-refractivity contribution in [1.82, 2.24) is 4.90 Å². The molecule has 4 heteroatoms. The van der Waals surface area contributed by atoms with Crippen LogP contribution >= 0.6 is 0 Å². The van der Waals surface area contributed by atoms with Gasteiger partial charge < -0.3 is 15.3 Å². The normalized spacial score (nSPS) is 11.7. The maximum atomic E-state index is 12.0. The molecule has 0 fully saturated rings. The Balaban J connectivity index is 1.91. The first-order valence-corrected chi connectivity index (χ1v) is 6.47. The minimum Gasteiger partial charge on any atom is -0.387 e. The number of benzene rings is 2. The van der Waals surface area contributed by atoms with Gasteiger partial charge in [-0.2, -0.15) is 0 Å². The van der Waals surface area contributed by atoms with Crippen LogP contribution < -0.4 is 5.32 Å². The summed E-state index contributed by atoms with van der Waals surface area (Å²) in [4.78, 5) is 13.4. The predicted octanol–water partition coefficient (Wildman–Crippen LogP) is 2.88. The van der Waals surface area contributed by atoms with E-state index in [0.29, 0.717) is 0 Å². The molecule has 0 radical (unpaired) electrons. The maximum absolute atomic E-state index is 12.0. The van der Waals surface area contributed by atoms with E-state index in [1.54, 1.807) is 7.05 Å². The summed E-state index contributed by atoms with van der Waals surface area (Å²) in [7, 11) is 1.66. The van der Waals surface area contributed by atoms with Gasteiger partial charge >= 0.3 is 6.03 Å². The van der Waals surface area contributed by atoms with Gasteiger partial charge in [0.2, 0.25) is 0 Å². The van der Waals surface area contributed by atoms with Crippen molar-refractivity contribution in [1.29, 1.82) is 0 Å². The van der Waals surface area contributed by atoms with Gasteiger partial charge in [-0.15, -0.1) is 0 Å². The minimum atomic E-state index is -0.692. The molecule has 0 aliphatic rings. The molecular weight excluding hydrogens is 252 g/mol. The summed E-state index contributed by atoms with van der Waals surface area (Å²) in [6.45, 7) is 0.239. The summed E-state index contributed by atoms with van der Waals surface area (Å²) in [6.07, 6.45) is -0.692. The number of urea groups is 1. The molecule has 2 aromatic carbocycles. The summed E-state index contributed by atoms with van der Waals surface area (Å²) in [5.74, 6) is 0. The lowest BCUT2D eigenvalue weighted by molar-refractivity contribution is 0.136. The number of likely N-dealkylation sites (N-methyl/N-ethyl adjacent to an activating group) is 1. The van der Waals surface area contributed by atoms with Gasteiger partial charge in [-0.05, 0) is 17.7 Å². The molecule has 1 unspecified atom stereocenters. The van der Waals surface area contributed by atoms with Gasteiger partial charge in [0.1, 0.15) is 0 Å². The van der Waals surface area contributed by atoms with Crippen molar-refractivity contribution in [3.05, 3.63) is 66.2 Å². The molecule has 0 saturated carbocycles. The van der Waals surface area contributed by atoms with Gasteiger partial charge in [-0.3, -0.25) is 0 Å². The van der Waals surface area contributed by atoms with E-state index < -0.39 is 6.10 Å². The largest absolute Gasteiger partial charge is 0.387 e. The van der Waals surface area contributed by atoms with Crippen LogP contribution in [0.3, 0.4) is 0 Å². The smallest absolute Gasteiger partial charge is 0.321 e. The summed E-state index contributed by atoms with van der Waals surface area (Å²) in [5.41, 5.74) is 1.53. The van der Waals surface area contributed by atoms with E-state index in [9.17, 15) is 9.90 Å². The highest BCUT2D eigenvalue weighted by atomic mass is 16.3. The van der Waals surface area contributed by atoms with Crippen LogP contribution in [0.4, 0.5) is 10.5 Å². The molecule has 0 saturated heterocycles. The third-order valence-electron chi connectivity index (χ3n) is 3.00. The van der Waals surface area contributed by atoms with Crippen LogP contribution in [0.5, 0.6) is 0 Å². The highest BCUT2D eigenvalue weighted by Gasteiger charge is 2.14. The van der Waals surface area contributed by atoms with Crippen molar-refractivity contribution in [2.75, 3.05) is 18.9 Å². The van der Waals surface area contributed by atoms with Crippen LogP contribution in [0.15, 0.2) is 60.7 Å². The van der Waals surface area contributed by atoms with Gasteiger partial charge in [0.15, 0.2) is 0 Å². The fourth-order valence-corrected chi connectivity index (χ4v) is 1.86. The molecule has 2 aromatic rings. The topological polar surface area (TPSA) is 52.6 Å². The quantitative estimate of drug-likeness (QED) is 0.897. The van der Waals surface area contributed by atoms with E-state index in [1.807, 2.05) is 60.7 Å². The molecule has 2 rings (SSSR count). The van der Waals surface area contributed by atoms with Gasteiger partial charge in [-0.1, -0.05) is 48.5 Å². The molecule has 0 aromatic heterocycles. The van der Waals surface area contributed by atoms with E-state index in [-0.39, 0.29) is 12.6 Å². The second kappa shape index (κ2) is 6.73. The SMILES string of the molecule is CN(CC(O)c1ccccc1)C(=O)Nc1ccccc1. The highest BCUT2D eigenvalue weighted by molar-refractivity contribution is 5.89. The number of anilines is 1. The number of aliphatic hydroxyl groups excluding tert-OH is 1. The molecule has 2 N–H and O–H groups in total. The van der Waals surface area contributed by atoms with Gasteiger partial charge in [0.05, 0.1) is 12.6 Å². The third kappa shape index (κ3) is 3.83. The van der Waals surface area contributed by atoms with E-state index in [0.717, 1.165) is 11.3 Å². The van der Waals surface area contributed by atoms with Crippen LogP contribution in [0.25, 0.3) is 0 Å². The first-order valence-electron chi connectivity index (χ1n) is 6.47. The van der Waals surface area contributed by atoms with Crippen LogP contribution in [0.2, 0.25) is 0 Å². The number of nitrogens with zero attached hydrogens (tertiary/aromatic N) is 1. The zero-order chi connectivity index (χ0) is 14.4. The Bertz CT molecular complexity index is 543. The second-order valence-electron chi connectivity index (χ2n) is 4.60. The molecule has 0 heterocycles. The number of hydrogen-bond donors (Lipinski definition) is 2. The Labute approximate surface area is 118 Å². The fraction of sp³-hybridized carbons (Fsp3) is 0.188. The number of aliphatic hydroxyl groups is 1. The Morgan fingerprint density at radius 1 is 1.10 bits per heavy atom. The molecule has 0 bridgehead atoms. The van der Waals surface area contributed by atoms with Crippen LogP contribution in [-0.4, -0.2) is 29.6 Å². The monoisotopic (exact) mass is 270 g/mol. The number of rotatable bonds is 4. The first kappa shape index (κ1) is 14.1. The lowest BCUT2D eigenvalue weighted by Gasteiger charge is -2.21. The molecule has 0 aliphatic carbocycles. The van der Waals surface area contributed by atoms with Crippen molar-refractivity contribution in [3.8, 4) is 0 Å². The molecule has 0 spiro atoms. The number of carbonyl (C=O) groups excluding carboxylic acids is 1. The molecular formula is C16H18N2O2. The predicted molar refractivity (Wildman–Crippen MR) is 79.5 cm³/mol. The van der Waals surface area contributed by atoms with Crippen molar-refractivity contribution in [3.63, 3.8) is 0 Å². The second-order valence-corrected chi connectivity index (χ2v) is 4.60. The molecule has 1 atom stereocenters. The summed E-state index contributed by atoms with van der Waals surface area (Å²) >= 11 is 0. The fourth-order valence-electron chi connectivity index (χ4n) is 1.86. The van der Waals surface area contributed by atoms with Crippen molar-refractivity contribution >= 4 is 11.7 Å². The van der Waals surface area contributed by atoms with E-state index >= 15 is 0 Å². The third-order valence-corrected chi connectivity index (χ3v) is 3.00.